The molecule has 102 valence electrons. The minimum absolute atomic E-state index is 0.740. The van der Waals surface area contributed by atoms with Crippen LogP contribution in [0.25, 0.3) is 0 Å². The van der Waals surface area contributed by atoms with Gasteiger partial charge in [0.2, 0.25) is 0 Å². The maximum atomic E-state index is 4.11. The molecule has 2 nitrogen and oxygen atoms in total. The Kier molecular flexibility index (Phi) is 2.92. The van der Waals surface area contributed by atoms with E-state index in [1.807, 2.05) is 0 Å². The highest BCUT2D eigenvalue weighted by Gasteiger charge is 2.49. The normalized spacial score (nSPS) is 43.0. The first-order valence-corrected chi connectivity index (χ1v) is 8.38. The van der Waals surface area contributed by atoms with Gasteiger partial charge < -0.3 is 5.32 Å². The van der Waals surface area contributed by atoms with Gasteiger partial charge in [-0.15, -0.1) is 0 Å². The molecule has 2 aliphatic carbocycles. The molecular weight excluding hydrogens is 220 g/mol. The number of nitrogens with one attached hydrogen (secondary N) is 1. The largest absolute Gasteiger partial charge is 0.309 e. The van der Waals surface area contributed by atoms with Gasteiger partial charge in [-0.2, -0.15) is 0 Å². The number of hydrogen-bond donors (Lipinski definition) is 1. The second kappa shape index (κ2) is 4.49. The van der Waals surface area contributed by atoms with Gasteiger partial charge in [0.15, 0.2) is 0 Å². The van der Waals surface area contributed by atoms with Gasteiger partial charge >= 0.3 is 0 Å². The van der Waals surface area contributed by atoms with Crippen molar-refractivity contribution in [1.82, 2.24) is 10.2 Å². The van der Waals surface area contributed by atoms with Crippen LogP contribution >= 0.6 is 0 Å². The quantitative estimate of drug-likeness (QED) is 0.808. The van der Waals surface area contributed by atoms with Gasteiger partial charge in [0, 0.05) is 24.7 Å². The van der Waals surface area contributed by atoms with E-state index < -0.39 is 0 Å². The van der Waals surface area contributed by atoms with Crippen molar-refractivity contribution >= 4 is 0 Å². The molecule has 2 aliphatic heterocycles. The lowest BCUT2D eigenvalue weighted by Gasteiger charge is -2.53. The predicted octanol–water partition coefficient (Wildman–Crippen LogP) is 2.93. The van der Waals surface area contributed by atoms with Crippen LogP contribution in [0.4, 0.5) is 0 Å². The van der Waals surface area contributed by atoms with Gasteiger partial charge in [-0.1, -0.05) is 19.3 Å². The molecule has 0 radical (unpaired) electrons. The SMILES string of the molecule is C1CCC2(CC1)CCC2NC1CCN2CCCC12. The van der Waals surface area contributed by atoms with E-state index in [-0.39, 0.29) is 0 Å². The average Bonchev–Trinajstić information content (AvgIpc) is 2.99. The number of fused-ring (bicyclic) bond motifs is 1. The highest BCUT2D eigenvalue weighted by molar-refractivity contribution is 5.05. The van der Waals surface area contributed by atoms with E-state index in [0.717, 1.165) is 23.5 Å². The fourth-order valence-corrected chi connectivity index (χ4v) is 5.35. The van der Waals surface area contributed by atoms with E-state index in [9.17, 15) is 0 Å². The Morgan fingerprint density at radius 2 is 1.72 bits per heavy atom. The van der Waals surface area contributed by atoms with Crippen LogP contribution in [-0.2, 0) is 0 Å². The van der Waals surface area contributed by atoms with Crippen molar-refractivity contribution in [2.45, 2.75) is 82.3 Å². The van der Waals surface area contributed by atoms with Gasteiger partial charge in [-0.3, -0.25) is 4.90 Å². The molecule has 4 rings (SSSR count). The molecule has 0 aromatic heterocycles. The van der Waals surface area contributed by atoms with Crippen molar-refractivity contribution in [2.75, 3.05) is 13.1 Å². The second-order valence-electron chi connectivity index (χ2n) is 7.32. The van der Waals surface area contributed by atoms with E-state index in [1.165, 1.54) is 77.3 Å². The minimum Gasteiger partial charge on any atom is -0.309 e. The van der Waals surface area contributed by atoms with Gasteiger partial charge in [0.05, 0.1) is 0 Å². The van der Waals surface area contributed by atoms with Crippen LogP contribution in [0.5, 0.6) is 0 Å². The van der Waals surface area contributed by atoms with Crippen molar-refractivity contribution < 1.29 is 0 Å². The number of hydrogen-bond acceptors (Lipinski definition) is 2. The summed E-state index contributed by atoms with van der Waals surface area (Å²) in [6.45, 7) is 2.74. The van der Waals surface area contributed by atoms with Crippen LogP contribution in [0.3, 0.4) is 0 Å². The summed E-state index contributed by atoms with van der Waals surface area (Å²) in [7, 11) is 0. The van der Waals surface area contributed by atoms with E-state index >= 15 is 0 Å². The number of nitrogens with zero attached hydrogens (tertiary/aromatic N) is 1. The molecule has 2 heterocycles. The molecule has 3 unspecified atom stereocenters. The summed E-state index contributed by atoms with van der Waals surface area (Å²) < 4.78 is 0. The maximum absolute atomic E-state index is 4.11. The summed E-state index contributed by atoms with van der Waals surface area (Å²) in [6, 6.07) is 2.60. The predicted molar refractivity (Wildman–Crippen MR) is 74.7 cm³/mol. The van der Waals surface area contributed by atoms with E-state index in [0.29, 0.717) is 0 Å². The monoisotopic (exact) mass is 248 g/mol. The molecule has 0 aromatic rings. The van der Waals surface area contributed by atoms with Crippen LogP contribution in [0.15, 0.2) is 0 Å². The lowest BCUT2D eigenvalue weighted by molar-refractivity contribution is 0.0145. The first-order chi connectivity index (χ1) is 8.87. The van der Waals surface area contributed by atoms with Crippen LogP contribution in [0, 0.1) is 5.41 Å². The van der Waals surface area contributed by atoms with Gasteiger partial charge in [-0.25, -0.2) is 0 Å². The topological polar surface area (TPSA) is 15.3 Å². The Hall–Kier alpha value is -0.0800. The summed E-state index contributed by atoms with van der Waals surface area (Å²) in [5.74, 6) is 0. The molecule has 4 fully saturated rings. The highest BCUT2D eigenvalue weighted by Crippen LogP contribution is 2.52. The van der Waals surface area contributed by atoms with Crippen LogP contribution < -0.4 is 5.32 Å². The minimum atomic E-state index is 0.740. The van der Waals surface area contributed by atoms with Gasteiger partial charge in [0.25, 0.3) is 0 Å². The lowest BCUT2D eigenvalue weighted by Crippen LogP contribution is -2.58. The van der Waals surface area contributed by atoms with Crippen LogP contribution in [0.2, 0.25) is 0 Å². The molecule has 2 saturated carbocycles. The third-order valence-corrected chi connectivity index (χ3v) is 6.54. The molecule has 4 aliphatic rings. The smallest absolute Gasteiger partial charge is 0.0250 e. The molecule has 18 heavy (non-hydrogen) atoms. The average molecular weight is 248 g/mol. The Morgan fingerprint density at radius 1 is 0.833 bits per heavy atom. The molecule has 1 N–H and O–H groups in total. The molecule has 2 heteroatoms. The molecule has 1 spiro atoms. The summed E-state index contributed by atoms with van der Waals surface area (Å²) in [5.41, 5.74) is 0.740. The van der Waals surface area contributed by atoms with Crippen molar-refractivity contribution in [3.05, 3.63) is 0 Å². The summed E-state index contributed by atoms with van der Waals surface area (Å²) >= 11 is 0. The summed E-state index contributed by atoms with van der Waals surface area (Å²) in [6.07, 6.45) is 14.8. The maximum Gasteiger partial charge on any atom is 0.0250 e. The summed E-state index contributed by atoms with van der Waals surface area (Å²) in [5, 5.41) is 4.11. The van der Waals surface area contributed by atoms with Crippen molar-refractivity contribution in [3.8, 4) is 0 Å². The molecule has 2 saturated heterocycles. The fraction of sp³-hybridized carbons (Fsp3) is 1.00. The Labute approximate surface area is 111 Å². The Bertz CT molecular complexity index is 308. The van der Waals surface area contributed by atoms with Crippen molar-refractivity contribution in [3.63, 3.8) is 0 Å². The Morgan fingerprint density at radius 3 is 2.50 bits per heavy atom. The van der Waals surface area contributed by atoms with Crippen LogP contribution in [-0.4, -0.2) is 36.1 Å². The van der Waals surface area contributed by atoms with E-state index in [4.69, 9.17) is 0 Å². The molecule has 0 bridgehead atoms. The zero-order valence-corrected chi connectivity index (χ0v) is 11.7. The molecular formula is C16H28N2. The standard InChI is InChI=1S/C16H28N2/c1-2-8-16(9-3-1)10-6-15(16)17-13-7-12-18-11-4-5-14(13)18/h13-15,17H,1-12H2. The third-order valence-electron chi connectivity index (χ3n) is 6.54. The third kappa shape index (κ3) is 1.76. The van der Waals surface area contributed by atoms with Gasteiger partial charge in [-0.05, 0) is 56.9 Å². The van der Waals surface area contributed by atoms with E-state index in [2.05, 4.69) is 10.2 Å². The van der Waals surface area contributed by atoms with Crippen LogP contribution in [0.1, 0.15) is 64.2 Å². The second-order valence-corrected chi connectivity index (χ2v) is 7.32. The molecule has 0 aromatic carbocycles. The van der Waals surface area contributed by atoms with Crippen molar-refractivity contribution in [2.24, 2.45) is 5.41 Å². The highest BCUT2D eigenvalue weighted by atomic mass is 15.2. The first kappa shape index (κ1) is 11.7. The van der Waals surface area contributed by atoms with Crippen molar-refractivity contribution in [1.29, 1.82) is 0 Å². The fourth-order valence-electron chi connectivity index (χ4n) is 5.35. The van der Waals surface area contributed by atoms with E-state index in [1.54, 1.807) is 0 Å². The lowest BCUT2D eigenvalue weighted by atomic mass is 9.57. The van der Waals surface area contributed by atoms with Gasteiger partial charge in [0.1, 0.15) is 0 Å². The molecule has 0 amide bonds. The first-order valence-electron chi connectivity index (χ1n) is 8.38. The summed E-state index contributed by atoms with van der Waals surface area (Å²) in [4.78, 5) is 2.74. The number of rotatable bonds is 2. The zero-order valence-electron chi connectivity index (χ0n) is 11.7. The Balaban J connectivity index is 1.40. The molecule has 3 atom stereocenters. The zero-order chi connectivity index (χ0) is 12.0.